The first-order valence-corrected chi connectivity index (χ1v) is 13.6. The molecule has 3 aromatic carbocycles. The van der Waals surface area contributed by atoms with Gasteiger partial charge < -0.3 is 21.1 Å². The molecule has 208 valence electrons. The first-order chi connectivity index (χ1) is 19.1. The van der Waals surface area contributed by atoms with Crippen molar-refractivity contribution >= 4 is 52.6 Å². The van der Waals surface area contributed by atoms with Gasteiger partial charge in [0.05, 0.1) is 39.7 Å². The van der Waals surface area contributed by atoms with Crippen LogP contribution in [0, 0.1) is 12.8 Å². The first kappa shape index (κ1) is 29.1. The van der Waals surface area contributed by atoms with Crippen molar-refractivity contribution in [2.45, 2.75) is 38.6 Å². The number of urea groups is 1. The zero-order valence-electron chi connectivity index (χ0n) is 21.8. The molecule has 0 aliphatic heterocycles. The van der Waals surface area contributed by atoms with Gasteiger partial charge in [-0.2, -0.15) is 0 Å². The molecule has 0 heterocycles. The highest BCUT2D eigenvalue weighted by Crippen LogP contribution is 2.34. The van der Waals surface area contributed by atoms with E-state index in [-0.39, 0.29) is 46.2 Å². The molecule has 0 fully saturated rings. The van der Waals surface area contributed by atoms with Crippen LogP contribution < -0.4 is 16.0 Å². The molecule has 2 atom stereocenters. The van der Waals surface area contributed by atoms with Gasteiger partial charge in [0, 0.05) is 13.0 Å². The molecular weight excluding hydrogens is 553 g/mol. The Kier molecular flexibility index (Phi) is 9.45. The lowest BCUT2D eigenvalue weighted by molar-refractivity contribution is -0.141. The molecule has 0 saturated carbocycles. The molecule has 8 nitrogen and oxygen atoms in total. The predicted octanol–water partition coefficient (Wildman–Crippen LogP) is 5.74. The molecule has 0 aromatic heterocycles. The number of ketones is 1. The number of anilines is 1. The van der Waals surface area contributed by atoms with Crippen LogP contribution in [0.4, 0.5) is 10.5 Å². The van der Waals surface area contributed by atoms with Gasteiger partial charge in [-0.15, -0.1) is 0 Å². The molecule has 40 heavy (non-hydrogen) atoms. The molecule has 0 bridgehead atoms. The van der Waals surface area contributed by atoms with Gasteiger partial charge in [0.2, 0.25) is 5.91 Å². The Morgan fingerprint density at radius 1 is 1.02 bits per heavy atom. The van der Waals surface area contributed by atoms with Gasteiger partial charge in [-0.05, 0) is 48.6 Å². The van der Waals surface area contributed by atoms with Crippen molar-refractivity contribution in [2.75, 3.05) is 11.9 Å². The van der Waals surface area contributed by atoms with Crippen LogP contribution in [-0.2, 0) is 22.4 Å². The number of carbonyl (C=O) groups excluding carboxylic acids is 3. The van der Waals surface area contributed by atoms with E-state index < -0.39 is 30.1 Å². The minimum absolute atomic E-state index is 0.0291. The largest absolute Gasteiger partial charge is 0.481 e. The smallest absolute Gasteiger partial charge is 0.315 e. The summed E-state index contributed by atoms with van der Waals surface area (Å²) >= 11 is 12.7. The number of Topliss-reactive ketones (excluding diaryl/α,β-unsaturated/α-hetero) is 1. The van der Waals surface area contributed by atoms with E-state index in [1.807, 2.05) is 55.5 Å². The van der Waals surface area contributed by atoms with Crippen LogP contribution in [0.5, 0.6) is 0 Å². The molecule has 1 aliphatic rings. The summed E-state index contributed by atoms with van der Waals surface area (Å²) in [6, 6.07) is 17.6. The van der Waals surface area contributed by atoms with Crippen LogP contribution in [0.3, 0.4) is 0 Å². The third-order valence-electron chi connectivity index (χ3n) is 6.82. The number of halogens is 2. The molecule has 10 heteroatoms. The van der Waals surface area contributed by atoms with Crippen molar-refractivity contribution < 1.29 is 24.3 Å². The number of nitrogens with one attached hydrogen (secondary N) is 3. The second-order valence-electron chi connectivity index (χ2n) is 9.80. The Labute approximate surface area is 242 Å². The number of hydrogen-bond donors (Lipinski definition) is 4. The second-order valence-corrected chi connectivity index (χ2v) is 10.6. The summed E-state index contributed by atoms with van der Waals surface area (Å²) in [5.41, 5.74) is 4.15. The summed E-state index contributed by atoms with van der Waals surface area (Å²) in [7, 11) is 0. The number of amides is 3. The standard InChI is InChI=1S/C30H29Cl2N3O5/c1-17-5-4-6-18(13-17)14-26(37)34-24-12-10-22(31)27(28(24)32)25(36)15-20(29(38)39)16-33-30(40)35-23-11-9-19-7-2-3-8-21(19)23/h2-8,10,12-13,20,23H,9,11,14-16H2,1H3,(H,34,37)(H,38,39)(H2,33,35,40). The third-order valence-corrected chi connectivity index (χ3v) is 7.53. The van der Waals surface area contributed by atoms with E-state index in [0.29, 0.717) is 0 Å². The zero-order chi connectivity index (χ0) is 28.8. The molecule has 0 saturated heterocycles. The van der Waals surface area contributed by atoms with Gasteiger partial charge in [0.15, 0.2) is 5.78 Å². The van der Waals surface area contributed by atoms with Crippen LogP contribution >= 0.6 is 23.2 Å². The normalized spacial score (nSPS) is 14.6. The number of fused-ring (bicyclic) bond motifs is 1. The number of benzene rings is 3. The maximum atomic E-state index is 13.2. The lowest BCUT2D eigenvalue weighted by Crippen LogP contribution is -2.41. The Bertz CT molecular complexity index is 1460. The summed E-state index contributed by atoms with van der Waals surface area (Å²) < 4.78 is 0. The van der Waals surface area contributed by atoms with E-state index >= 15 is 0 Å². The molecule has 3 aromatic rings. The number of carboxylic acids is 1. The first-order valence-electron chi connectivity index (χ1n) is 12.8. The van der Waals surface area contributed by atoms with Crippen molar-refractivity contribution in [2.24, 2.45) is 5.92 Å². The summed E-state index contributed by atoms with van der Waals surface area (Å²) in [4.78, 5) is 50.2. The molecule has 4 N–H and O–H groups in total. The number of rotatable bonds is 10. The van der Waals surface area contributed by atoms with Crippen molar-refractivity contribution in [3.63, 3.8) is 0 Å². The number of carbonyl (C=O) groups is 4. The quantitative estimate of drug-likeness (QED) is 0.227. The molecule has 0 spiro atoms. The average Bonchev–Trinajstić information content (AvgIpc) is 3.30. The lowest BCUT2D eigenvalue weighted by atomic mass is 9.97. The summed E-state index contributed by atoms with van der Waals surface area (Å²) in [6.07, 6.45) is 1.25. The van der Waals surface area contributed by atoms with Crippen molar-refractivity contribution in [3.05, 3.63) is 98.5 Å². The van der Waals surface area contributed by atoms with E-state index in [1.54, 1.807) is 0 Å². The SMILES string of the molecule is Cc1cccc(CC(=O)Nc2ccc(Cl)c(C(=O)CC(CNC(=O)NC3CCc4ccccc43)C(=O)O)c2Cl)c1. The van der Waals surface area contributed by atoms with E-state index in [0.717, 1.165) is 29.5 Å². The second kappa shape index (κ2) is 13.0. The molecule has 0 radical (unpaired) electrons. The fraction of sp³-hybridized carbons (Fsp3) is 0.267. The van der Waals surface area contributed by atoms with E-state index in [9.17, 15) is 24.3 Å². The Balaban J connectivity index is 1.38. The monoisotopic (exact) mass is 581 g/mol. The maximum absolute atomic E-state index is 13.2. The maximum Gasteiger partial charge on any atom is 0.315 e. The van der Waals surface area contributed by atoms with Crippen molar-refractivity contribution in [1.82, 2.24) is 10.6 Å². The lowest BCUT2D eigenvalue weighted by Gasteiger charge is -2.18. The Morgan fingerprint density at radius 2 is 1.80 bits per heavy atom. The number of aliphatic carboxylic acids is 1. The summed E-state index contributed by atoms with van der Waals surface area (Å²) in [6.45, 7) is 1.65. The Morgan fingerprint density at radius 3 is 2.55 bits per heavy atom. The van der Waals surface area contributed by atoms with Gasteiger partial charge in [0.1, 0.15) is 0 Å². The average molecular weight is 582 g/mol. The van der Waals surface area contributed by atoms with Crippen LogP contribution in [0.2, 0.25) is 10.0 Å². The van der Waals surface area contributed by atoms with Crippen LogP contribution in [0.1, 0.15) is 51.5 Å². The van der Waals surface area contributed by atoms with E-state index in [1.165, 1.54) is 17.7 Å². The number of carboxylic acid groups (broad SMARTS) is 1. The fourth-order valence-corrected chi connectivity index (χ4v) is 5.44. The van der Waals surface area contributed by atoms with Crippen LogP contribution in [0.15, 0.2) is 60.7 Å². The third kappa shape index (κ3) is 7.20. The number of aryl methyl sites for hydroxylation is 2. The highest BCUT2D eigenvalue weighted by molar-refractivity contribution is 6.41. The van der Waals surface area contributed by atoms with Crippen molar-refractivity contribution in [3.8, 4) is 0 Å². The number of hydrogen-bond acceptors (Lipinski definition) is 4. The highest BCUT2D eigenvalue weighted by atomic mass is 35.5. The molecular formula is C30H29Cl2N3O5. The predicted molar refractivity (Wildman–Crippen MR) is 154 cm³/mol. The van der Waals surface area contributed by atoms with Gasteiger partial charge in [-0.1, -0.05) is 77.3 Å². The van der Waals surface area contributed by atoms with Gasteiger partial charge in [-0.3, -0.25) is 14.4 Å². The van der Waals surface area contributed by atoms with E-state index in [2.05, 4.69) is 16.0 Å². The summed E-state index contributed by atoms with van der Waals surface area (Å²) in [5.74, 6) is -3.43. The van der Waals surface area contributed by atoms with Crippen molar-refractivity contribution in [1.29, 1.82) is 0 Å². The van der Waals surface area contributed by atoms with Crippen LogP contribution in [-0.4, -0.2) is 35.3 Å². The topological polar surface area (TPSA) is 125 Å². The summed E-state index contributed by atoms with van der Waals surface area (Å²) in [5, 5.41) is 17.8. The fourth-order valence-electron chi connectivity index (χ4n) is 4.81. The zero-order valence-corrected chi connectivity index (χ0v) is 23.3. The molecule has 2 unspecified atom stereocenters. The van der Waals surface area contributed by atoms with Crippen LogP contribution in [0.25, 0.3) is 0 Å². The minimum atomic E-state index is -1.25. The highest BCUT2D eigenvalue weighted by Gasteiger charge is 2.28. The molecule has 4 rings (SSSR count). The minimum Gasteiger partial charge on any atom is -0.481 e. The Hall–Kier alpha value is -3.88. The van der Waals surface area contributed by atoms with Gasteiger partial charge in [-0.25, -0.2) is 4.79 Å². The molecule has 3 amide bonds. The molecule has 1 aliphatic carbocycles. The van der Waals surface area contributed by atoms with Gasteiger partial charge >= 0.3 is 12.0 Å². The van der Waals surface area contributed by atoms with Gasteiger partial charge in [0.25, 0.3) is 0 Å². The van der Waals surface area contributed by atoms with E-state index in [4.69, 9.17) is 23.2 Å².